The Morgan fingerprint density at radius 3 is 2.10 bits per heavy atom. The SMILES string of the molecule is CCn1nc(-c2ccccc2S(N)(=O)=O)c(-c2ccc(C)cc2)c1C(F)(F)C(F)(F)F. The first kappa shape index (κ1) is 22.9. The summed E-state index contributed by atoms with van der Waals surface area (Å²) in [5.74, 6) is -5.25. The minimum atomic E-state index is -5.89. The molecule has 0 fully saturated rings. The van der Waals surface area contributed by atoms with E-state index in [2.05, 4.69) is 5.10 Å². The van der Waals surface area contributed by atoms with Crippen molar-refractivity contribution in [3.8, 4) is 22.4 Å². The molecular formula is C20H18F5N3O2S. The Bertz CT molecular complexity index is 1220. The van der Waals surface area contributed by atoms with Crippen LogP contribution in [0.1, 0.15) is 18.2 Å². The standard InChI is InChI=1S/C20H18F5N3O2S/c1-3-28-18(19(21,22)20(23,24)25)16(13-10-8-12(2)9-11-13)17(27-28)14-6-4-5-7-15(14)31(26,29)30/h4-11H,3H2,1-2H3,(H2,26,29,30). The maximum absolute atomic E-state index is 14.7. The molecule has 0 saturated heterocycles. The number of nitrogens with two attached hydrogens (primary N) is 1. The van der Waals surface area contributed by atoms with Gasteiger partial charge in [0.15, 0.2) is 0 Å². The lowest BCUT2D eigenvalue weighted by Gasteiger charge is -2.22. The van der Waals surface area contributed by atoms with Gasteiger partial charge in [-0.15, -0.1) is 0 Å². The topological polar surface area (TPSA) is 78.0 Å². The summed E-state index contributed by atoms with van der Waals surface area (Å²) in [6.45, 7) is 2.77. The highest BCUT2D eigenvalue weighted by Crippen LogP contribution is 2.50. The predicted molar refractivity (Wildman–Crippen MR) is 105 cm³/mol. The molecule has 31 heavy (non-hydrogen) atoms. The van der Waals surface area contributed by atoms with Gasteiger partial charge in [0.25, 0.3) is 0 Å². The van der Waals surface area contributed by atoms with Crippen molar-refractivity contribution < 1.29 is 30.4 Å². The quantitative estimate of drug-likeness (QED) is 0.555. The fourth-order valence-electron chi connectivity index (χ4n) is 3.24. The van der Waals surface area contributed by atoms with E-state index >= 15 is 0 Å². The molecular weight excluding hydrogens is 441 g/mol. The van der Waals surface area contributed by atoms with Crippen molar-refractivity contribution in [2.24, 2.45) is 5.14 Å². The molecule has 0 saturated carbocycles. The molecule has 1 heterocycles. The molecule has 0 spiro atoms. The van der Waals surface area contributed by atoms with Gasteiger partial charge in [0.1, 0.15) is 11.4 Å². The molecule has 0 amide bonds. The third-order valence-corrected chi connectivity index (χ3v) is 5.66. The van der Waals surface area contributed by atoms with Crippen LogP contribution in [0.3, 0.4) is 0 Å². The second-order valence-corrected chi connectivity index (χ2v) is 8.40. The number of primary sulfonamides is 1. The summed E-state index contributed by atoms with van der Waals surface area (Å²) in [5.41, 5.74) is -1.61. The molecule has 2 aromatic carbocycles. The van der Waals surface area contributed by atoms with Crippen LogP contribution >= 0.6 is 0 Å². The molecule has 11 heteroatoms. The summed E-state index contributed by atoms with van der Waals surface area (Å²) < 4.78 is 94.1. The van der Waals surface area contributed by atoms with Crippen LogP contribution in [0.2, 0.25) is 0 Å². The highest BCUT2D eigenvalue weighted by Gasteiger charge is 2.62. The fourth-order valence-corrected chi connectivity index (χ4v) is 3.98. The zero-order valence-corrected chi connectivity index (χ0v) is 17.2. The zero-order valence-electron chi connectivity index (χ0n) is 16.4. The van der Waals surface area contributed by atoms with E-state index in [1.165, 1.54) is 37.3 Å². The lowest BCUT2D eigenvalue weighted by molar-refractivity contribution is -0.291. The van der Waals surface area contributed by atoms with E-state index in [1.807, 2.05) is 0 Å². The van der Waals surface area contributed by atoms with Crippen molar-refractivity contribution >= 4 is 10.0 Å². The summed E-state index contributed by atoms with van der Waals surface area (Å²) in [5, 5.41) is 9.21. The van der Waals surface area contributed by atoms with Gasteiger partial charge in [0, 0.05) is 17.7 Å². The number of halogens is 5. The zero-order chi connectivity index (χ0) is 23.2. The number of benzene rings is 2. The number of aromatic nitrogens is 2. The second kappa shape index (κ2) is 7.72. The summed E-state index contributed by atoms with van der Waals surface area (Å²) in [7, 11) is -4.32. The van der Waals surface area contributed by atoms with Gasteiger partial charge in [0.05, 0.1) is 4.90 Å². The van der Waals surface area contributed by atoms with Crippen LogP contribution in [0, 0.1) is 6.92 Å². The Balaban J connectivity index is 2.49. The third kappa shape index (κ3) is 4.07. The molecule has 3 aromatic rings. The van der Waals surface area contributed by atoms with Gasteiger partial charge in [-0.3, -0.25) is 4.68 Å². The maximum atomic E-state index is 14.7. The maximum Gasteiger partial charge on any atom is 0.459 e. The first-order valence-corrected chi connectivity index (χ1v) is 10.6. The Kier molecular flexibility index (Phi) is 5.70. The van der Waals surface area contributed by atoms with Crippen molar-refractivity contribution in [1.29, 1.82) is 0 Å². The Labute approximate surface area is 175 Å². The molecule has 5 nitrogen and oxygen atoms in total. The molecule has 166 valence electrons. The molecule has 0 aliphatic carbocycles. The number of sulfonamides is 1. The molecule has 3 rings (SSSR count). The van der Waals surface area contributed by atoms with Crippen LogP contribution in [-0.4, -0.2) is 24.4 Å². The molecule has 0 bridgehead atoms. The normalized spacial score (nSPS) is 12.9. The second-order valence-electron chi connectivity index (χ2n) is 6.87. The first-order valence-electron chi connectivity index (χ1n) is 9.04. The van der Waals surface area contributed by atoms with E-state index in [-0.39, 0.29) is 23.4 Å². The smallest absolute Gasteiger partial charge is 0.262 e. The van der Waals surface area contributed by atoms with Gasteiger partial charge in [-0.2, -0.15) is 27.1 Å². The van der Waals surface area contributed by atoms with E-state index in [0.717, 1.165) is 11.6 Å². The first-order chi connectivity index (χ1) is 14.3. The predicted octanol–water partition coefficient (Wildman–Crippen LogP) is 4.85. The molecule has 2 N–H and O–H groups in total. The van der Waals surface area contributed by atoms with Gasteiger partial charge in [-0.05, 0) is 25.5 Å². The van der Waals surface area contributed by atoms with Crippen molar-refractivity contribution in [2.75, 3.05) is 0 Å². The Morgan fingerprint density at radius 2 is 1.58 bits per heavy atom. The monoisotopic (exact) mass is 459 g/mol. The van der Waals surface area contributed by atoms with Crippen molar-refractivity contribution in [2.45, 2.75) is 37.4 Å². The highest BCUT2D eigenvalue weighted by atomic mass is 32.2. The van der Waals surface area contributed by atoms with Gasteiger partial charge in [0.2, 0.25) is 10.0 Å². The number of aryl methyl sites for hydroxylation is 2. The van der Waals surface area contributed by atoms with Crippen molar-refractivity contribution in [3.63, 3.8) is 0 Å². The summed E-state index contributed by atoms with van der Waals surface area (Å²) in [6.07, 6.45) is -5.89. The van der Waals surface area contributed by atoms with E-state index in [1.54, 1.807) is 19.1 Å². The van der Waals surface area contributed by atoms with Gasteiger partial charge >= 0.3 is 12.1 Å². The largest absolute Gasteiger partial charge is 0.459 e. The fraction of sp³-hybridized carbons (Fsp3) is 0.250. The Hall–Kier alpha value is -2.79. The van der Waals surface area contributed by atoms with Crippen LogP contribution in [0.4, 0.5) is 22.0 Å². The summed E-state index contributed by atoms with van der Waals surface area (Å²) in [4.78, 5) is -0.439. The molecule has 0 radical (unpaired) electrons. The van der Waals surface area contributed by atoms with Crippen LogP contribution in [0.15, 0.2) is 53.4 Å². The van der Waals surface area contributed by atoms with Gasteiger partial charge in [-0.25, -0.2) is 13.6 Å². The number of rotatable bonds is 5. The number of alkyl halides is 5. The van der Waals surface area contributed by atoms with E-state index in [9.17, 15) is 30.4 Å². The van der Waals surface area contributed by atoms with Gasteiger partial charge in [-0.1, -0.05) is 48.0 Å². The van der Waals surface area contributed by atoms with Gasteiger partial charge < -0.3 is 0 Å². The average Bonchev–Trinajstić information content (AvgIpc) is 3.07. The molecule has 0 aliphatic heterocycles. The number of hydrogen-bond donors (Lipinski definition) is 1. The Morgan fingerprint density at radius 1 is 1.00 bits per heavy atom. The summed E-state index contributed by atoms with van der Waals surface area (Å²) >= 11 is 0. The van der Waals surface area contributed by atoms with Crippen LogP contribution in [-0.2, 0) is 22.5 Å². The van der Waals surface area contributed by atoms with Crippen LogP contribution in [0.5, 0.6) is 0 Å². The number of nitrogens with zero attached hydrogens (tertiary/aromatic N) is 2. The lowest BCUT2D eigenvalue weighted by Crippen LogP contribution is -2.36. The van der Waals surface area contributed by atoms with Crippen molar-refractivity contribution in [1.82, 2.24) is 9.78 Å². The molecule has 0 aliphatic rings. The minimum absolute atomic E-state index is 0.0310. The van der Waals surface area contributed by atoms with Crippen LogP contribution < -0.4 is 5.14 Å². The minimum Gasteiger partial charge on any atom is -0.262 e. The van der Waals surface area contributed by atoms with E-state index < -0.39 is 38.3 Å². The van der Waals surface area contributed by atoms with E-state index in [4.69, 9.17) is 5.14 Å². The highest BCUT2D eigenvalue weighted by molar-refractivity contribution is 7.89. The molecule has 1 aromatic heterocycles. The third-order valence-electron chi connectivity index (χ3n) is 4.69. The van der Waals surface area contributed by atoms with Crippen LogP contribution in [0.25, 0.3) is 22.4 Å². The molecule has 0 atom stereocenters. The molecule has 0 unspecified atom stereocenters. The summed E-state index contributed by atoms with van der Waals surface area (Å²) in [6, 6.07) is 11.0. The number of hydrogen-bond acceptors (Lipinski definition) is 3. The average molecular weight is 459 g/mol. The van der Waals surface area contributed by atoms with E-state index in [0.29, 0.717) is 4.68 Å². The lowest BCUT2D eigenvalue weighted by atomic mass is 9.95. The van der Waals surface area contributed by atoms with Crippen molar-refractivity contribution in [3.05, 3.63) is 59.8 Å².